The minimum absolute atomic E-state index is 0.0889. The number of phenols is 1. The molecular formula is C16H16F3N3O3. The molecule has 2 aromatic rings. The lowest BCUT2D eigenvalue weighted by Gasteiger charge is -2.28. The highest BCUT2D eigenvalue weighted by Crippen LogP contribution is 2.28. The summed E-state index contributed by atoms with van der Waals surface area (Å²) in [6.45, 7) is 0.923. The number of nitrogens with zero attached hydrogens (tertiary/aromatic N) is 2. The second-order valence-corrected chi connectivity index (χ2v) is 5.79. The Bertz CT molecular complexity index is 849. The van der Waals surface area contributed by atoms with Crippen LogP contribution in [0.3, 0.4) is 0 Å². The average molecular weight is 355 g/mol. The van der Waals surface area contributed by atoms with Crippen LogP contribution in [0.2, 0.25) is 0 Å². The maximum Gasteiger partial charge on any atom is 0.449 e. The molecule has 0 spiro atoms. The van der Waals surface area contributed by atoms with Gasteiger partial charge in [0.1, 0.15) is 11.5 Å². The number of H-pyrrole nitrogens is 1. The summed E-state index contributed by atoms with van der Waals surface area (Å²) in [6, 6.07) is 4.81. The van der Waals surface area contributed by atoms with Gasteiger partial charge in [-0.15, -0.1) is 0 Å². The van der Waals surface area contributed by atoms with Crippen LogP contribution in [-0.4, -0.2) is 33.6 Å². The first-order valence-corrected chi connectivity index (χ1v) is 7.55. The topological polar surface area (TPSA) is 78.5 Å². The average Bonchev–Trinajstić information content (AvgIpc) is 2.56. The van der Waals surface area contributed by atoms with E-state index in [0.29, 0.717) is 24.4 Å². The summed E-state index contributed by atoms with van der Waals surface area (Å²) < 4.78 is 43.3. The van der Waals surface area contributed by atoms with Crippen LogP contribution < -0.4 is 10.3 Å². The Balaban J connectivity index is 1.83. The number of hydrogen-bond donors (Lipinski definition) is 2. The van der Waals surface area contributed by atoms with E-state index in [1.165, 1.54) is 13.2 Å². The molecule has 6 nitrogen and oxygen atoms in total. The van der Waals surface area contributed by atoms with Gasteiger partial charge < -0.3 is 14.8 Å². The van der Waals surface area contributed by atoms with Gasteiger partial charge in [-0.1, -0.05) is 0 Å². The number of aromatic hydroxyl groups is 1. The van der Waals surface area contributed by atoms with E-state index in [2.05, 4.69) is 4.98 Å². The molecular weight excluding hydrogens is 339 g/mol. The smallest absolute Gasteiger partial charge is 0.449 e. The number of alkyl halides is 3. The monoisotopic (exact) mass is 355 g/mol. The van der Waals surface area contributed by atoms with E-state index in [0.717, 1.165) is 0 Å². The van der Waals surface area contributed by atoms with Crippen molar-refractivity contribution in [2.75, 3.05) is 13.7 Å². The van der Waals surface area contributed by atoms with Gasteiger partial charge in [0, 0.05) is 31.6 Å². The van der Waals surface area contributed by atoms with Crippen molar-refractivity contribution in [1.29, 1.82) is 0 Å². The summed E-state index contributed by atoms with van der Waals surface area (Å²) in [5.41, 5.74) is 0.222. The van der Waals surface area contributed by atoms with Gasteiger partial charge in [0.25, 0.3) is 5.56 Å². The fourth-order valence-electron chi connectivity index (χ4n) is 2.81. The highest BCUT2D eigenvalue weighted by Gasteiger charge is 2.36. The Morgan fingerprint density at radius 2 is 2.16 bits per heavy atom. The van der Waals surface area contributed by atoms with Crippen LogP contribution in [-0.2, 0) is 25.7 Å². The number of nitrogens with one attached hydrogen (secondary N) is 1. The van der Waals surface area contributed by atoms with Crippen LogP contribution in [0.1, 0.15) is 22.6 Å². The number of rotatable bonds is 3. The van der Waals surface area contributed by atoms with Gasteiger partial charge in [0.2, 0.25) is 5.82 Å². The van der Waals surface area contributed by atoms with Gasteiger partial charge in [-0.3, -0.25) is 9.69 Å². The summed E-state index contributed by atoms with van der Waals surface area (Å²) in [7, 11) is 1.51. The zero-order chi connectivity index (χ0) is 18.2. The first kappa shape index (κ1) is 17.3. The summed E-state index contributed by atoms with van der Waals surface area (Å²) >= 11 is 0. The van der Waals surface area contributed by atoms with Crippen LogP contribution in [0.4, 0.5) is 13.2 Å². The van der Waals surface area contributed by atoms with Crippen LogP contribution in [0.5, 0.6) is 11.5 Å². The number of hydrogen-bond acceptors (Lipinski definition) is 5. The number of aromatic amines is 1. The molecule has 0 saturated carbocycles. The van der Waals surface area contributed by atoms with Crippen molar-refractivity contribution in [2.45, 2.75) is 25.7 Å². The molecule has 1 aromatic carbocycles. The van der Waals surface area contributed by atoms with E-state index in [9.17, 15) is 23.1 Å². The van der Waals surface area contributed by atoms with Crippen molar-refractivity contribution in [3.8, 4) is 11.5 Å². The summed E-state index contributed by atoms with van der Waals surface area (Å²) in [4.78, 5) is 19.2. The van der Waals surface area contributed by atoms with Crippen LogP contribution in [0, 0.1) is 0 Å². The third-order valence-corrected chi connectivity index (χ3v) is 4.10. The molecule has 0 fully saturated rings. The van der Waals surface area contributed by atoms with Gasteiger partial charge in [-0.2, -0.15) is 13.2 Å². The molecule has 2 heterocycles. The molecule has 0 radical (unpaired) electrons. The fraction of sp³-hybridized carbons (Fsp3) is 0.375. The van der Waals surface area contributed by atoms with Crippen LogP contribution >= 0.6 is 0 Å². The number of phenolic OH excluding ortho intramolecular Hbond substituents is 1. The van der Waals surface area contributed by atoms with Crippen LogP contribution in [0.15, 0.2) is 23.0 Å². The molecule has 1 aliphatic heterocycles. The number of halogens is 3. The SMILES string of the molecule is COc1ccc(O)c(CN2CCc3nc(C(F)(F)F)[nH]c(=O)c3C2)c1. The molecule has 9 heteroatoms. The molecule has 0 amide bonds. The first-order chi connectivity index (χ1) is 11.8. The van der Waals surface area contributed by atoms with Crippen molar-refractivity contribution < 1.29 is 23.0 Å². The van der Waals surface area contributed by atoms with Crippen LogP contribution in [0.25, 0.3) is 0 Å². The Morgan fingerprint density at radius 1 is 1.40 bits per heavy atom. The van der Waals surface area contributed by atoms with Gasteiger partial charge in [0.05, 0.1) is 18.4 Å². The van der Waals surface area contributed by atoms with E-state index >= 15 is 0 Å². The van der Waals surface area contributed by atoms with Gasteiger partial charge >= 0.3 is 6.18 Å². The molecule has 0 saturated heterocycles. The molecule has 25 heavy (non-hydrogen) atoms. The van der Waals surface area contributed by atoms with Crippen molar-refractivity contribution in [2.24, 2.45) is 0 Å². The zero-order valence-corrected chi connectivity index (χ0v) is 13.4. The summed E-state index contributed by atoms with van der Waals surface area (Å²) in [5.74, 6) is -0.597. The van der Waals surface area contributed by atoms with Gasteiger partial charge in [0.15, 0.2) is 0 Å². The lowest BCUT2D eigenvalue weighted by molar-refractivity contribution is -0.145. The lowest BCUT2D eigenvalue weighted by atomic mass is 10.1. The Labute approximate surface area is 140 Å². The molecule has 134 valence electrons. The van der Waals surface area contributed by atoms with Gasteiger partial charge in [-0.05, 0) is 18.2 Å². The second kappa shape index (κ2) is 6.40. The predicted octanol–water partition coefficient (Wildman–Crippen LogP) is 2.06. The van der Waals surface area contributed by atoms with E-state index < -0.39 is 17.6 Å². The van der Waals surface area contributed by atoms with Crippen molar-refractivity contribution >= 4 is 0 Å². The summed E-state index contributed by atoms with van der Waals surface area (Å²) in [6.07, 6.45) is -4.45. The normalized spacial score (nSPS) is 15.0. The number of benzene rings is 1. The van der Waals surface area contributed by atoms with E-state index in [1.54, 1.807) is 17.1 Å². The van der Waals surface area contributed by atoms with Crippen molar-refractivity contribution in [3.63, 3.8) is 0 Å². The molecule has 0 bridgehead atoms. The molecule has 2 N–H and O–H groups in total. The maximum absolute atomic E-state index is 12.7. The standard InChI is InChI=1S/C16H16F3N3O3/c1-25-10-2-3-13(23)9(6-10)7-22-5-4-12-11(8-22)14(24)21-15(20-12)16(17,18)19/h2-3,6,23H,4-5,7-8H2,1H3,(H,20,21,24). The molecule has 3 rings (SSSR count). The lowest BCUT2D eigenvalue weighted by Crippen LogP contribution is -2.36. The van der Waals surface area contributed by atoms with E-state index in [4.69, 9.17) is 4.74 Å². The number of methoxy groups -OCH3 is 1. The third-order valence-electron chi connectivity index (χ3n) is 4.10. The first-order valence-electron chi connectivity index (χ1n) is 7.55. The number of aromatic nitrogens is 2. The zero-order valence-electron chi connectivity index (χ0n) is 13.4. The quantitative estimate of drug-likeness (QED) is 0.881. The van der Waals surface area contributed by atoms with E-state index in [-0.39, 0.29) is 30.0 Å². The summed E-state index contributed by atoms with van der Waals surface area (Å²) in [5, 5.41) is 9.95. The minimum Gasteiger partial charge on any atom is -0.508 e. The molecule has 0 atom stereocenters. The fourth-order valence-corrected chi connectivity index (χ4v) is 2.81. The number of ether oxygens (including phenoxy) is 1. The van der Waals surface area contributed by atoms with Crippen molar-refractivity contribution in [3.05, 3.63) is 51.2 Å². The maximum atomic E-state index is 12.7. The largest absolute Gasteiger partial charge is 0.508 e. The van der Waals surface area contributed by atoms with Crippen molar-refractivity contribution in [1.82, 2.24) is 14.9 Å². The molecule has 0 unspecified atom stereocenters. The predicted molar refractivity (Wildman–Crippen MR) is 82.3 cm³/mol. The molecule has 1 aliphatic rings. The minimum atomic E-state index is -4.68. The Morgan fingerprint density at radius 3 is 2.84 bits per heavy atom. The Kier molecular flexibility index (Phi) is 4.42. The van der Waals surface area contributed by atoms with E-state index in [1.807, 2.05) is 4.90 Å². The van der Waals surface area contributed by atoms with Gasteiger partial charge in [-0.25, -0.2) is 4.98 Å². The highest BCUT2D eigenvalue weighted by molar-refractivity contribution is 5.39. The third kappa shape index (κ3) is 3.60. The second-order valence-electron chi connectivity index (χ2n) is 5.79. The Hall–Kier alpha value is -2.55. The molecule has 1 aromatic heterocycles. The highest BCUT2D eigenvalue weighted by atomic mass is 19.4. The molecule has 0 aliphatic carbocycles. The number of fused-ring (bicyclic) bond motifs is 1.